The van der Waals surface area contributed by atoms with Crippen LogP contribution in [0.25, 0.3) is 0 Å². The lowest BCUT2D eigenvalue weighted by Gasteiger charge is -2.43. The molecule has 29 heavy (non-hydrogen) atoms. The molecule has 2 aliphatic rings. The monoisotopic (exact) mass is 426 g/mol. The predicted octanol–water partition coefficient (Wildman–Crippen LogP) is 2.94. The van der Waals surface area contributed by atoms with Crippen molar-refractivity contribution in [3.63, 3.8) is 0 Å². The molecular formula is C20H27FN2O5S. The Morgan fingerprint density at radius 3 is 2.52 bits per heavy atom. The van der Waals surface area contributed by atoms with Crippen molar-refractivity contribution in [3.05, 3.63) is 35.6 Å². The van der Waals surface area contributed by atoms with E-state index in [0.717, 1.165) is 0 Å². The van der Waals surface area contributed by atoms with Gasteiger partial charge in [0.2, 0.25) is 0 Å². The molecule has 160 valence electrons. The van der Waals surface area contributed by atoms with Gasteiger partial charge < -0.3 is 9.47 Å². The predicted molar refractivity (Wildman–Crippen MR) is 107 cm³/mol. The molecule has 1 amide bonds. The average Bonchev–Trinajstić information content (AvgIpc) is 2.90. The van der Waals surface area contributed by atoms with Crippen LogP contribution in [0, 0.1) is 5.82 Å². The summed E-state index contributed by atoms with van der Waals surface area (Å²) in [5, 5.41) is 1.40. The number of carbonyl (C=O) groups excluding carboxylic acids is 1. The van der Waals surface area contributed by atoms with Crippen LogP contribution >= 0.6 is 0 Å². The third-order valence-corrected chi connectivity index (χ3v) is 8.41. The second kappa shape index (κ2) is 6.77. The van der Waals surface area contributed by atoms with E-state index in [1.807, 2.05) is 0 Å². The summed E-state index contributed by atoms with van der Waals surface area (Å²) in [4.78, 5) is 17.0. The number of alkyl carbamates (subject to hydrolysis) is 1. The van der Waals surface area contributed by atoms with E-state index in [4.69, 9.17) is 9.47 Å². The number of amidine groups is 1. The summed E-state index contributed by atoms with van der Waals surface area (Å²) in [6.07, 6.45) is -1.51. The molecule has 1 aromatic carbocycles. The van der Waals surface area contributed by atoms with Crippen molar-refractivity contribution < 1.29 is 27.1 Å². The van der Waals surface area contributed by atoms with E-state index in [-0.39, 0.29) is 18.0 Å². The number of aliphatic imine (C=N–C) groups is 1. The van der Waals surface area contributed by atoms with Crippen LogP contribution in [0.2, 0.25) is 0 Å². The first kappa shape index (κ1) is 21.7. The van der Waals surface area contributed by atoms with Gasteiger partial charge in [-0.15, -0.1) is 0 Å². The lowest BCUT2D eigenvalue weighted by Crippen LogP contribution is -2.63. The second-order valence-corrected chi connectivity index (χ2v) is 11.6. The maximum atomic E-state index is 14.8. The minimum Gasteiger partial charge on any atom is -0.444 e. The highest BCUT2D eigenvalue weighted by atomic mass is 32.2. The van der Waals surface area contributed by atoms with Crippen LogP contribution < -0.4 is 5.32 Å². The molecule has 0 radical (unpaired) electrons. The lowest BCUT2D eigenvalue weighted by atomic mass is 9.86. The molecule has 0 bridgehead atoms. The normalized spacial score (nSPS) is 30.2. The van der Waals surface area contributed by atoms with Crippen LogP contribution in [0.4, 0.5) is 9.18 Å². The van der Waals surface area contributed by atoms with Gasteiger partial charge in [0.15, 0.2) is 9.84 Å². The first-order chi connectivity index (χ1) is 13.2. The van der Waals surface area contributed by atoms with Crippen LogP contribution in [0.3, 0.4) is 0 Å². The number of carbonyl (C=O) groups is 1. The Labute approximate surface area is 170 Å². The number of nitrogens with one attached hydrogen (secondary N) is 1. The number of hydrogen-bond donors (Lipinski definition) is 1. The van der Waals surface area contributed by atoms with Crippen molar-refractivity contribution in [2.45, 2.75) is 68.8 Å². The van der Waals surface area contributed by atoms with E-state index in [9.17, 15) is 17.6 Å². The van der Waals surface area contributed by atoms with E-state index < -0.39 is 49.0 Å². The van der Waals surface area contributed by atoms with Gasteiger partial charge in [-0.05, 0) is 47.6 Å². The summed E-state index contributed by atoms with van der Waals surface area (Å²) in [6, 6.07) is 5.91. The fourth-order valence-corrected chi connectivity index (χ4v) is 6.23. The molecule has 1 N–H and O–H groups in total. The molecule has 3 rings (SSSR count). The van der Waals surface area contributed by atoms with Gasteiger partial charge in [0.05, 0.1) is 12.7 Å². The zero-order valence-corrected chi connectivity index (χ0v) is 18.3. The van der Waals surface area contributed by atoms with E-state index in [1.54, 1.807) is 33.8 Å². The van der Waals surface area contributed by atoms with E-state index in [1.165, 1.54) is 32.0 Å². The van der Waals surface area contributed by atoms with Crippen LogP contribution in [-0.2, 0) is 24.8 Å². The third kappa shape index (κ3) is 3.44. The van der Waals surface area contributed by atoms with E-state index in [0.29, 0.717) is 0 Å². The van der Waals surface area contributed by atoms with Crippen molar-refractivity contribution in [1.82, 2.24) is 5.32 Å². The minimum atomic E-state index is -3.94. The summed E-state index contributed by atoms with van der Waals surface area (Å²) >= 11 is 0. The molecule has 9 heteroatoms. The van der Waals surface area contributed by atoms with Gasteiger partial charge >= 0.3 is 6.09 Å². The summed E-state index contributed by atoms with van der Waals surface area (Å²) in [5.74, 6) is -0.672. The largest absolute Gasteiger partial charge is 0.444 e. The van der Waals surface area contributed by atoms with Crippen molar-refractivity contribution in [2.75, 3.05) is 6.61 Å². The zero-order valence-electron chi connectivity index (χ0n) is 17.4. The third-order valence-electron chi connectivity index (χ3n) is 5.35. The van der Waals surface area contributed by atoms with Gasteiger partial charge in [-0.2, -0.15) is 0 Å². The van der Waals surface area contributed by atoms with Crippen LogP contribution in [0.1, 0.15) is 47.1 Å². The second-order valence-electron chi connectivity index (χ2n) is 8.98. The standard InChI is InChI=1S/C20H27FN2O5S/c1-12-15-20(11-27-12,13-9-7-8-10-14(13)21)23-16(19(5,6)29(15,25)26)22-17(24)28-18(2,3)4/h7-10,12,15H,11H2,1-6H3,(H,22,23,24)/t12?,15-,20-/m1/s1. The number of sulfone groups is 1. The van der Waals surface area contributed by atoms with Gasteiger partial charge in [-0.3, -0.25) is 10.3 Å². The summed E-state index contributed by atoms with van der Waals surface area (Å²) < 4.78 is 51.4. The van der Waals surface area contributed by atoms with Crippen molar-refractivity contribution >= 4 is 21.8 Å². The minimum absolute atomic E-state index is 0.0936. The molecule has 3 atom stereocenters. The lowest BCUT2D eigenvalue weighted by molar-refractivity contribution is 0.0560. The molecule has 1 saturated heterocycles. The fourth-order valence-electron chi connectivity index (χ4n) is 3.89. The number of nitrogens with zero attached hydrogens (tertiary/aromatic N) is 1. The van der Waals surface area contributed by atoms with Gasteiger partial charge in [-0.1, -0.05) is 18.2 Å². The number of benzene rings is 1. The Balaban J connectivity index is 2.20. The SMILES string of the molecule is CC1OC[C@]2(c3ccccc3F)N=C(NC(=O)OC(C)(C)C)C(C)(C)S(=O)(=O)[C@H]12. The van der Waals surface area contributed by atoms with Gasteiger partial charge in [0.25, 0.3) is 0 Å². The molecule has 1 fully saturated rings. The highest BCUT2D eigenvalue weighted by Gasteiger charge is 2.65. The van der Waals surface area contributed by atoms with Crippen molar-refractivity contribution in [2.24, 2.45) is 4.99 Å². The van der Waals surface area contributed by atoms with Gasteiger partial charge in [0, 0.05) is 5.56 Å². The highest BCUT2D eigenvalue weighted by Crippen LogP contribution is 2.49. The van der Waals surface area contributed by atoms with Gasteiger partial charge in [-0.25, -0.2) is 17.6 Å². The number of halogens is 1. The maximum Gasteiger partial charge on any atom is 0.413 e. The first-order valence-corrected chi connectivity index (χ1v) is 11.0. The van der Waals surface area contributed by atoms with Crippen molar-refractivity contribution in [1.29, 1.82) is 0 Å². The van der Waals surface area contributed by atoms with Crippen LogP contribution in [0.5, 0.6) is 0 Å². The molecule has 1 unspecified atom stereocenters. The topological polar surface area (TPSA) is 94.1 Å². The van der Waals surface area contributed by atoms with E-state index >= 15 is 0 Å². The highest BCUT2D eigenvalue weighted by molar-refractivity contribution is 7.94. The number of ether oxygens (including phenoxy) is 2. The van der Waals surface area contributed by atoms with Crippen LogP contribution in [0.15, 0.2) is 29.3 Å². The maximum absolute atomic E-state index is 14.8. The first-order valence-electron chi connectivity index (χ1n) is 9.43. The summed E-state index contributed by atoms with van der Waals surface area (Å²) in [5.41, 5.74) is -2.15. The number of amides is 1. The zero-order chi connectivity index (χ0) is 21.8. The average molecular weight is 427 g/mol. The quantitative estimate of drug-likeness (QED) is 0.745. The molecule has 0 aromatic heterocycles. The van der Waals surface area contributed by atoms with Crippen LogP contribution in [-0.4, -0.2) is 48.7 Å². The van der Waals surface area contributed by atoms with Crippen molar-refractivity contribution in [3.8, 4) is 0 Å². The van der Waals surface area contributed by atoms with E-state index in [2.05, 4.69) is 10.3 Å². The molecule has 7 nitrogen and oxygen atoms in total. The Hall–Kier alpha value is -2.00. The molecule has 0 saturated carbocycles. The molecule has 2 heterocycles. The summed E-state index contributed by atoms with van der Waals surface area (Å²) in [6.45, 7) is 9.54. The summed E-state index contributed by atoms with van der Waals surface area (Å²) in [7, 11) is -3.94. The molecule has 1 aromatic rings. The Kier molecular flexibility index (Phi) is 5.06. The number of hydrogen-bond acceptors (Lipinski definition) is 6. The van der Waals surface area contributed by atoms with Gasteiger partial charge in [0.1, 0.15) is 32.8 Å². The Bertz CT molecular complexity index is 967. The fraction of sp³-hybridized carbons (Fsp3) is 0.600. The smallest absolute Gasteiger partial charge is 0.413 e. The number of rotatable bonds is 1. The molecule has 0 aliphatic carbocycles. The number of fused-ring (bicyclic) bond motifs is 1. The Morgan fingerprint density at radius 1 is 1.31 bits per heavy atom. The molecule has 2 aliphatic heterocycles. The molecular weight excluding hydrogens is 399 g/mol. The Morgan fingerprint density at radius 2 is 1.93 bits per heavy atom. The molecule has 0 spiro atoms.